The van der Waals surface area contributed by atoms with Gasteiger partial charge in [-0.2, -0.15) is 0 Å². The van der Waals surface area contributed by atoms with Crippen LogP contribution in [0.25, 0.3) is 0 Å². The number of ketones is 1. The monoisotopic (exact) mass is 396 g/mol. The first-order valence-corrected chi connectivity index (χ1v) is 10.9. The van der Waals surface area contributed by atoms with E-state index < -0.39 is 0 Å². The molecule has 6 nitrogen and oxygen atoms in total. The van der Waals surface area contributed by atoms with Crippen LogP contribution in [0.1, 0.15) is 62.2 Å². The van der Waals surface area contributed by atoms with Crippen LogP contribution >= 0.6 is 0 Å². The third kappa shape index (κ3) is 3.32. The van der Waals surface area contributed by atoms with Crippen molar-refractivity contribution in [2.75, 3.05) is 18.1 Å². The molecule has 6 rings (SSSR count). The van der Waals surface area contributed by atoms with E-state index in [-0.39, 0.29) is 36.3 Å². The summed E-state index contributed by atoms with van der Waals surface area (Å²) < 4.78 is 5.52. The summed E-state index contributed by atoms with van der Waals surface area (Å²) in [6.07, 6.45) is 7.57. The van der Waals surface area contributed by atoms with Gasteiger partial charge in [0.15, 0.2) is 12.4 Å². The van der Waals surface area contributed by atoms with E-state index in [0.717, 1.165) is 37.0 Å². The number of Topliss-reactive ketones (excluding diaryl/α,β-unsaturated/α-hetero) is 1. The van der Waals surface area contributed by atoms with Gasteiger partial charge in [-0.05, 0) is 74.5 Å². The zero-order valence-electron chi connectivity index (χ0n) is 16.9. The zero-order chi connectivity index (χ0) is 20.2. The van der Waals surface area contributed by atoms with Gasteiger partial charge in [0.2, 0.25) is 5.91 Å². The lowest BCUT2D eigenvalue weighted by Gasteiger charge is -2.57. The maximum atomic E-state index is 13.0. The first-order chi connectivity index (χ1) is 13.9. The average molecular weight is 396 g/mol. The topological polar surface area (TPSA) is 75.7 Å². The van der Waals surface area contributed by atoms with Gasteiger partial charge in [0.25, 0.3) is 5.91 Å². The fourth-order valence-electron chi connectivity index (χ4n) is 6.50. The van der Waals surface area contributed by atoms with Gasteiger partial charge in [-0.1, -0.05) is 6.92 Å². The summed E-state index contributed by atoms with van der Waals surface area (Å²) in [7, 11) is 0. The predicted molar refractivity (Wildman–Crippen MR) is 108 cm³/mol. The van der Waals surface area contributed by atoms with Crippen LogP contribution in [0.2, 0.25) is 0 Å². The molecule has 29 heavy (non-hydrogen) atoms. The normalized spacial score (nSPS) is 32.0. The van der Waals surface area contributed by atoms with Gasteiger partial charge in [0.1, 0.15) is 12.3 Å². The number of amides is 2. The van der Waals surface area contributed by atoms with Crippen molar-refractivity contribution in [2.45, 2.75) is 57.4 Å². The molecule has 1 aliphatic heterocycles. The van der Waals surface area contributed by atoms with E-state index in [1.54, 1.807) is 25.1 Å². The van der Waals surface area contributed by atoms with Crippen molar-refractivity contribution in [3.8, 4) is 5.75 Å². The second kappa shape index (κ2) is 6.85. The van der Waals surface area contributed by atoms with Gasteiger partial charge < -0.3 is 10.1 Å². The second-order valence-corrected chi connectivity index (χ2v) is 9.47. The Balaban J connectivity index is 1.34. The van der Waals surface area contributed by atoms with Crippen molar-refractivity contribution in [1.29, 1.82) is 0 Å². The van der Waals surface area contributed by atoms with Crippen molar-refractivity contribution in [2.24, 2.45) is 17.8 Å². The molecule has 4 bridgehead atoms. The standard InChI is InChI=1S/C23H28N2O4/c1-2-19(26)17-3-4-20-18(8-17)25(22(28)13-29-20)12-21(27)24-23-9-14-5-15(10-23)7-16(6-14)11-23/h3-4,8,14-16H,2,5-7,9-13H2,1H3,(H,24,27). The maximum Gasteiger partial charge on any atom is 0.265 e. The first kappa shape index (κ1) is 18.6. The largest absolute Gasteiger partial charge is 0.482 e. The summed E-state index contributed by atoms with van der Waals surface area (Å²) >= 11 is 0. The minimum atomic E-state index is -0.251. The molecule has 1 aromatic rings. The van der Waals surface area contributed by atoms with E-state index in [4.69, 9.17) is 4.74 Å². The molecule has 6 heteroatoms. The number of hydrogen-bond acceptors (Lipinski definition) is 4. The van der Waals surface area contributed by atoms with E-state index in [0.29, 0.717) is 23.4 Å². The van der Waals surface area contributed by atoms with E-state index >= 15 is 0 Å². The Morgan fingerprint density at radius 1 is 1.14 bits per heavy atom. The lowest BCUT2D eigenvalue weighted by atomic mass is 9.53. The van der Waals surface area contributed by atoms with Crippen LogP contribution in [0.5, 0.6) is 5.75 Å². The van der Waals surface area contributed by atoms with Gasteiger partial charge in [-0.3, -0.25) is 19.3 Å². The Labute approximate surface area is 171 Å². The van der Waals surface area contributed by atoms with Crippen molar-refractivity contribution in [1.82, 2.24) is 5.32 Å². The highest BCUT2D eigenvalue weighted by atomic mass is 16.5. The molecule has 1 N–H and O–H groups in total. The van der Waals surface area contributed by atoms with Gasteiger partial charge in [-0.15, -0.1) is 0 Å². The summed E-state index contributed by atoms with van der Waals surface area (Å²) in [5.41, 5.74) is 0.974. The number of anilines is 1. The van der Waals surface area contributed by atoms with Crippen LogP contribution in [0.3, 0.4) is 0 Å². The van der Waals surface area contributed by atoms with E-state index in [1.807, 2.05) is 0 Å². The molecule has 0 atom stereocenters. The molecule has 4 fully saturated rings. The van der Waals surface area contributed by atoms with Crippen LogP contribution in [-0.2, 0) is 9.59 Å². The summed E-state index contributed by atoms with van der Waals surface area (Å²) in [5.74, 6) is 2.42. The summed E-state index contributed by atoms with van der Waals surface area (Å²) in [4.78, 5) is 39.1. The fourth-order valence-corrected chi connectivity index (χ4v) is 6.50. The number of ether oxygens (including phenoxy) is 1. The Bertz CT molecular complexity index is 842. The highest BCUT2D eigenvalue weighted by Gasteiger charge is 2.51. The van der Waals surface area contributed by atoms with Crippen molar-refractivity contribution in [3.05, 3.63) is 23.8 Å². The molecule has 154 valence electrons. The molecular formula is C23H28N2O4. The number of nitrogens with zero attached hydrogens (tertiary/aromatic N) is 1. The highest BCUT2D eigenvalue weighted by Crippen LogP contribution is 2.55. The van der Waals surface area contributed by atoms with Crippen LogP contribution in [0, 0.1) is 17.8 Å². The zero-order valence-corrected chi connectivity index (χ0v) is 16.9. The number of carbonyl (C=O) groups excluding carboxylic acids is 3. The third-order valence-electron chi connectivity index (χ3n) is 7.29. The molecule has 0 unspecified atom stereocenters. The summed E-state index contributed by atoms with van der Waals surface area (Å²) in [6, 6.07) is 5.11. The van der Waals surface area contributed by atoms with Crippen LogP contribution in [0.4, 0.5) is 5.69 Å². The number of fused-ring (bicyclic) bond motifs is 1. The Kier molecular flexibility index (Phi) is 4.41. The van der Waals surface area contributed by atoms with Crippen LogP contribution < -0.4 is 15.0 Å². The number of nitrogens with one attached hydrogen (secondary N) is 1. The van der Waals surface area contributed by atoms with Gasteiger partial charge >= 0.3 is 0 Å². The number of carbonyl (C=O) groups is 3. The second-order valence-electron chi connectivity index (χ2n) is 9.47. The third-order valence-corrected chi connectivity index (χ3v) is 7.29. The molecule has 1 heterocycles. The van der Waals surface area contributed by atoms with E-state index in [9.17, 15) is 14.4 Å². The molecule has 0 aromatic heterocycles. The number of hydrogen-bond donors (Lipinski definition) is 1. The highest BCUT2D eigenvalue weighted by molar-refractivity contribution is 6.04. The van der Waals surface area contributed by atoms with Gasteiger partial charge in [0, 0.05) is 17.5 Å². The molecule has 4 aliphatic carbocycles. The predicted octanol–water partition coefficient (Wildman–Crippen LogP) is 3.09. The Morgan fingerprint density at radius 3 is 2.41 bits per heavy atom. The molecule has 1 aromatic carbocycles. The van der Waals surface area contributed by atoms with Crippen LogP contribution in [-0.4, -0.2) is 36.3 Å². The molecule has 0 saturated heterocycles. The Hall–Kier alpha value is -2.37. The SMILES string of the molecule is CCC(=O)c1ccc2c(c1)N(CC(=O)NC13CC4CC(CC(C4)C1)C3)C(=O)CO2. The molecular weight excluding hydrogens is 368 g/mol. The lowest BCUT2D eigenvalue weighted by molar-refractivity contribution is -0.128. The number of benzene rings is 1. The maximum absolute atomic E-state index is 13.0. The number of rotatable bonds is 5. The van der Waals surface area contributed by atoms with Crippen molar-refractivity contribution in [3.63, 3.8) is 0 Å². The molecule has 5 aliphatic rings. The summed E-state index contributed by atoms with van der Waals surface area (Å²) in [6.45, 7) is 1.69. The van der Waals surface area contributed by atoms with Crippen molar-refractivity contribution < 1.29 is 19.1 Å². The minimum absolute atomic E-state index is 0.00351. The fraction of sp³-hybridized carbons (Fsp3) is 0.609. The van der Waals surface area contributed by atoms with Crippen LogP contribution in [0.15, 0.2) is 18.2 Å². The van der Waals surface area contributed by atoms with Gasteiger partial charge in [-0.25, -0.2) is 0 Å². The van der Waals surface area contributed by atoms with Gasteiger partial charge in [0.05, 0.1) is 5.69 Å². The van der Waals surface area contributed by atoms with E-state index in [2.05, 4.69) is 5.32 Å². The molecule has 0 radical (unpaired) electrons. The molecule has 2 amide bonds. The van der Waals surface area contributed by atoms with E-state index in [1.165, 1.54) is 24.2 Å². The quantitative estimate of drug-likeness (QED) is 0.776. The average Bonchev–Trinajstić information content (AvgIpc) is 2.67. The smallest absolute Gasteiger partial charge is 0.265 e. The lowest BCUT2D eigenvalue weighted by Crippen LogP contribution is -2.61. The Morgan fingerprint density at radius 2 is 1.79 bits per heavy atom. The van der Waals surface area contributed by atoms with Crippen molar-refractivity contribution >= 4 is 23.3 Å². The molecule has 4 saturated carbocycles. The minimum Gasteiger partial charge on any atom is -0.482 e. The summed E-state index contributed by atoms with van der Waals surface area (Å²) in [5, 5.41) is 3.33. The molecule has 0 spiro atoms. The first-order valence-electron chi connectivity index (χ1n) is 10.9.